The van der Waals surface area contributed by atoms with Crippen LogP contribution in [0, 0.1) is 19.7 Å². The van der Waals surface area contributed by atoms with Crippen LogP contribution in [0.15, 0.2) is 103 Å². The van der Waals surface area contributed by atoms with Crippen LogP contribution in [0.5, 0.6) is 23.1 Å². The minimum absolute atomic E-state index is 0.0229. The Hall–Kier alpha value is -5.18. The number of hydrogen-bond donors (Lipinski definition) is 0. The van der Waals surface area contributed by atoms with Crippen LogP contribution in [0.4, 0.5) is 4.39 Å². The van der Waals surface area contributed by atoms with E-state index in [1.54, 1.807) is 36.5 Å². The van der Waals surface area contributed by atoms with Gasteiger partial charge in [-0.3, -0.25) is 9.69 Å². The number of nitrogens with zero attached hydrogens (tertiary/aromatic N) is 3. The van der Waals surface area contributed by atoms with Gasteiger partial charge in [0.15, 0.2) is 5.75 Å². The molecule has 1 aliphatic rings. The molecule has 0 radical (unpaired) electrons. The summed E-state index contributed by atoms with van der Waals surface area (Å²) in [7, 11) is 0. The third-order valence-corrected chi connectivity index (χ3v) is 9.69. The smallest absolute Gasteiger partial charge is 0.246 e. The minimum Gasteiger partial charge on any atom is -0.493 e. The molecule has 1 aromatic heterocycles. The van der Waals surface area contributed by atoms with Crippen molar-refractivity contribution in [2.24, 2.45) is 0 Å². The zero-order chi connectivity index (χ0) is 38.0. The van der Waals surface area contributed by atoms with Crippen LogP contribution in [0.3, 0.4) is 0 Å². The summed E-state index contributed by atoms with van der Waals surface area (Å²) in [6.45, 7) is 12.8. The van der Waals surface area contributed by atoms with E-state index in [9.17, 15) is 9.18 Å². The fourth-order valence-electron chi connectivity index (χ4n) is 6.37. The van der Waals surface area contributed by atoms with Crippen LogP contribution in [-0.4, -0.2) is 53.5 Å². The van der Waals surface area contributed by atoms with Crippen molar-refractivity contribution in [3.05, 3.63) is 153 Å². The summed E-state index contributed by atoms with van der Waals surface area (Å²) in [6.07, 6.45) is 5.80. The predicted molar refractivity (Wildman–Crippen MR) is 213 cm³/mol. The number of carbonyl (C=O) groups is 1. The van der Waals surface area contributed by atoms with Crippen molar-refractivity contribution in [1.29, 1.82) is 0 Å². The van der Waals surface area contributed by atoms with E-state index >= 15 is 0 Å². The van der Waals surface area contributed by atoms with Gasteiger partial charge in [-0.1, -0.05) is 67.9 Å². The van der Waals surface area contributed by atoms with Gasteiger partial charge in [0.25, 0.3) is 0 Å². The highest BCUT2D eigenvalue weighted by molar-refractivity contribution is 6.32. The van der Waals surface area contributed by atoms with E-state index < -0.39 is 0 Å². The summed E-state index contributed by atoms with van der Waals surface area (Å²) < 4.78 is 31.4. The Balaban J connectivity index is 0.925. The number of aromatic nitrogens is 1. The molecule has 0 unspecified atom stereocenters. The second-order valence-electron chi connectivity index (χ2n) is 14.1. The average Bonchev–Trinajstić information content (AvgIpc) is 3.16. The lowest BCUT2D eigenvalue weighted by atomic mass is 10.0. The molecule has 0 saturated carbocycles. The number of amides is 1. The van der Waals surface area contributed by atoms with E-state index in [2.05, 4.69) is 60.1 Å². The number of carbonyl (C=O) groups excluding carboxylic acids is 1. The Morgan fingerprint density at radius 2 is 1.57 bits per heavy atom. The van der Waals surface area contributed by atoms with Crippen LogP contribution in [0.2, 0.25) is 5.02 Å². The molecule has 0 spiro atoms. The molecule has 0 bridgehead atoms. The molecular weight excluding hydrogens is 701 g/mol. The van der Waals surface area contributed by atoms with E-state index in [0.717, 1.165) is 54.1 Å². The summed E-state index contributed by atoms with van der Waals surface area (Å²) in [5.41, 5.74) is 7.01. The standard InChI is InChI=1S/C45H47ClFN3O4/c1-31(2)38-10-12-40(13-11-38)52-22-17-34-5-7-35(8-6-34)29-49-18-20-50(21-19-49)44(51)16-9-36-25-33(4)45(42(46)27-36)54-43-15-14-41(28-48-43)53-30-37-23-32(3)24-39(47)26-37/h5-16,23-28,31H,17-22,29-30H2,1-4H3. The zero-order valence-corrected chi connectivity index (χ0v) is 32.1. The van der Waals surface area contributed by atoms with Gasteiger partial charge >= 0.3 is 0 Å². The van der Waals surface area contributed by atoms with Crippen LogP contribution in [0.1, 0.15) is 58.7 Å². The Labute approximate surface area is 323 Å². The fourth-order valence-corrected chi connectivity index (χ4v) is 6.68. The molecule has 9 heteroatoms. The SMILES string of the molecule is Cc1cc(F)cc(COc2ccc(Oc3c(C)cc(C=CC(=O)N4CCN(Cc5ccc(CCOc6ccc(C(C)C)cc6)cc5)CC4)cc3Cl)nc2)c1. The highest BCUT2D eigenvalue weighted by Gasteiger charge is 2.20. The van der Waals surface area contributed by atoms with Gasteiger partial charge in [0.2, 0.25) is 11.8 Å². The monoisotopic (exact) mass is 747 g/mol. The predicted octanol–water partition coefficient (Wildman–Crippen LogP) is 9.96. The van der Waals surface area contributed by atoms with Crippen molar-refractivity contribution in [2.45, 2.75) is 53.2 Å². The molecule has 0 N–H and O–H groups in total. The second kappa shape index (κ2) is 18.2. The molecule has 1 amide bonds. The number of halogens is 2. The minimum atomic E-state index is -0.291. The first kappa shape index (κ1) is 38.5. The molecule has 1 fully saturated rings. The Morgan fingerprint density at radius 3 is 2.24 bits per heavy atom. The molecule has 6 rings (SSSR count). The van der Waals surface area contributed by atoms with Gasteiger partial charge in [-0.05, 0) is 107 Å². The van der Waals surface area contributed by atoms with Crippen molar-refractivity contribution < 1.29 is 23.4 Å². The lowest BCUT2D eigenvalue weighted by Crippen LogP contribution is -2.47. The van der Waals surface area contributed by atoms with Gasteiger partial charge in [-0.15, -0.1) is 0 Å². The van der Waals surface area contributed by atoms with Gasteiger partial charge in [-0.25, -0.2) is 9.37 Å². The fraction of sp³-hybridized carbons (Fsp3) is 0.289. The quantitative estimate of drug-likeness (QED) is 0.105. The van der Waals surface area contributed by atoms with Crippen molar-refractivity contribution in [2.75, 3.05) is 32.8 Å². The number of piperazine rings is 1. The summed E-state index contributed by atoms with van der Waals surface area (Å²) >= 11 is 6.62. The molecular formula is C45H47ClFN3O4. The van der Waals surface area contributed by atoms with Gasteiger partial charge < -0.3 is 19.1 Å². The molecule has 0 atom stereocenters. The normalized spacial score (nSPS) is 13.4. The maximum atomic E-state index is 13.7. The first-order chi connectivity index (χ1) is 26.1. The number of ether oxygens (including phenoxy) is 3. The summed E-state index contributed by atoms with van der Waals surface area (Å²) in [6, 6.07) is 29.0. The Kier molecular flexibility index (Phi) is 13.0. The van der Waals surface area contributed by atoms with E-state index in [1.165, 1.54) is 28.8 Å². The van der Waals surface area contributed by atoms with Crippen LogP contribution >= 0.6 is 11.6 Å². The summed E-state index contributed by atoms with van der Waals surface area (Å²) in [4.78, 5) is 21.7. The van der Waals surface area contributed by atoms with Gasteiger partial charge in [0.1, 0.15) is 23.9 Å². The Morgan fingerprint density at radius 1 is 0.852 bits per heavy atom. The van der Waals surface area contributed by atoms with E-state index in [1.807, 2.05) is 43.0 Å². The lowest BCUT2D eigenvalue weighted by Gasteiger charge is -2.34. The van der Waals surface area contributed by atoms with Crippen LogP contribution < -0.4 is 14.2 Å². The first-order valence-corrected chi connectivity index (χ1v) is 18.8. The zero-order valence-electron chi connectivity index (χ0n) is 31.4. The molecule has 1 aliphatic heterocycles. The highest BCUT2D eigenvalue weighted by Crippen LogP contribution is 2.34. The molecule has 0 aliphatic carbocycles. The first-order valence-electron chi connectivity index (χ1n) is 18.4. The van der Waals surface area contributed by atoms with E-state index in [0.29, 0.717) is 48.0 Å². The third kappa shape index (κ3) is 10.9. The topological polar surface area (TPSA) is 64.1 Å². The number of rotatable bonds is 14. The number of pyridine rings is 1. The molecule has 5 aromatic rings. The molecule has 1 saturated heterocycles. The third-order valence-electron chi connectivity index (χ3n) is 9.41. The molecule has 7 nitrogen and oxygen atoms in total. The number of benzene rings is 4. The molecule has 4 aromatic carbocycles. The van der Waals surface area contributed by atoms with Gasteiger partial charge in [0, 0.05) is 51.3 Å². The summed E-state index contributed by atoms with van der Waals surface area (Å²) in [5.74, 6) is 2.48. The van der Waals surface area contributed by atoms with Crippen molar-refractivity contribution >= 4 is 23.6 Å². The number of hydrogen-bond acceptors (Lipinski definition) is 6. The van der Waals surface area contributed by atoms with Crippen molar-refractivity contribution in [3.63, 3.8) is 0 Å². The highest BCUT2D eigenvalue weighted by atomic mass is 35.5. The van der Waals surface area contributed by atoms with Crippen LogP contribution in [-0.2, 0) is 24.4 Å². The van der Waals surface area contributed by atoms with Crippen molar-refractivity contribution in [3.8, 4) is 23.1 Å². The molecule has 280 valence electrons. The van der Waals surface area contributed by atoms with Gasteiger partial charge in [-0.2, -0.15) is 0 Å². The van der Waals surface area contributed by atoms with E-state index in [-0.39, 0.29) is 18.3 Å². The van der Waals surface area contributed by atoms with Crippen molar-refractivity contribution in [1.82, 2.24) is 14.8 Å². The maximum absolute atomic E-state index is 13.7. The van der Waals surface area contributed by atoms with Gasteiger partial charge in [0.05, 0.1) is 17.8 Å². The van der Waals surface area contributed by atoms with Crippen LogP contribution in [0.25, 0.3) is 6.08 Å². The maximum Gasteiger partial charge on any atom is 0.246 e. The summed E-state index contributed by atoms with van der Waals surface area (Å²) in [5, 5.41) is 0.410. The second-order valence-corrected chi connectivity index (χ2v) is 14.5. The Bertz CT molecular complexity index is 2000. The molecule has 2 heterocycles. The largest absolute Gasteiger partial charge is 0.493 e. The number of aryl methyl sites for hydroxylation is 2. The lowest BCUT2D eigenvalue weighted by molar-refractivity contribution is -0.127. The van der Waals surface area contributed by atoms with E-state index in [4.69, 9.17) is 25.8 Å². The molecule has 54 heavy (non-hydrogen) atoms. The average molecular weight is 748 g/mol.